The van der Waals surface area contributed by atoms with Gasteiger partial charge in [0, 0.05) is 30.8 Å². The highest BCUT2D eigenvalue weighted by Gasteiger charge is 2.47. The number of Topliss-reactive ketones (excluding diaryl/α,β-unsaturated/α-hetero) is 1. The molecule has 1 N–H and O–H groups in total. The molecular weight excluding hydrogens is 424 g/mol. The molecule has 33 heavy (non-hydrogen) atoms. The molecule has 2 aromatic carbocycles. The maximum Gasteiger partial charge on any atom is 0.295 e. The molecule has 8 nitrogen and oxygen atoms in total. The second-order valence-corrected chi connectivity index (χ2v) is 8.72. The fourth-order valence-corrected chi connectivity index (χ4v) is 4.41. The van der Waals surface area contributed by atoms with Crippen molar-refractivity contribution in [2.24, 2.45) is 0 Å². The largest absolute Gasteiger partial charge is 0.507 e. The van der Waals surface area contributed by atoms with Gasteiger partial charge in [-0.2, -0.15) is 0 Å². The zero-order chi connectivity index (χ0) is 23.7. The number of carbonyl (C=O) groups is 2. The summed E-state index contributed by atoms with van der Waals surface area (Å²) >= 11 is 0. The highest BCUT2D eigenvalue weighted by atomic mass is 16.6. The lowest BCUT2D eigenvalue weighted by Crippen LogP contribution is -2.36. The Bertz CT molecular complexity index is 1120. The summed E-state index contributed by atoms with van der Waals surface area (Å²) in [6, 6.07) is 12.2. The topological polar surface area (TPSA) is 110 Å². The smallest absolute Gasteiger partial charge is 0.295 e. The highest BCUT2D eigenvalue weighted by molar-refractivity contribution is 6.46. The molecule has 1 amide bonds. The molecule has 0 bridgehead atoms. The number of aliphatic hydroxyl groups excluding tert-OH is 1. The van der Waals surface area contributed by atoms with Crippen molar-refractivity contribution in [3.8, 4) is 0 Å². The SMILES string of the molecule is CC(C)c1ccc(C2/C(=C(/O)c3cccc([N+](=O)[O-])c3)C(=O)C(=O)N2CC2CCCO2)cc1. The second-order valence-electron chi connectivity index (χ2n) is 8.72. The van der Waals surface area contributed by atoms with Gasteiger partial charge < -0.3 is 14.7 Å². The standard InChI is InChI=1S/C25H26N2O6/c1-15(2)16-8-10-17(11-9-16)22-21(23(28)18-5-3-6-19(13-18)27(31)32)24(29)25(30)26(22)14-20-7-4-12-33-20/h3,5-6,8-11,13,15,20,22,28H,4,7,12,14H2,1-2H3/b23-21-. The summed E-state index contributed by atoms with van der Waals surface area (Å²) in [6.45, 7) is 4.98. The normalized spacial score (nSPS) is 22.3. The van der Waals surface area contributed by atoms with Crippen LogP contribution < -0.4 is 0 Å². The first-order valence-electron chi connectivity index (χ1n) is 11.0. The minimum Gasteiger partial charge on any atom is -0.507 e. The number of carbonyl (C=O) groups excluding carboxylic acids is 2. The van der Waals surface area contributed by atoms with Crippen LogP contribution in [0.25, 0.3) is 5.76 Å². The number of likely N-dealkylation sites (tertiary alicyclic amines) is 1. The Balaban J connectivity index is 1.83. The number of ether oxygens (including phenoxy) is 1. The lowest BCUT2D eigenvalue weighted by molar-refractivity contribution is -0.384. The molecule has 0 saturated carbocycles. The minimum atomic E-state index is -0.810. The third-order valence-electron chi connectivity index (χ3n) is 6.21. The van der Waals surface area contributed by atoms with Crippen LogP contribution in [0.15, 0.2) is 54.1 Å². The van der Waals surface area contributed by atoms with E-state index in [4.69, 9.17) is 4.74 Å². The van der Waals surface area contributed by atoms with E-state index >= 15 is 0 Å². The van der Waals surface area contributed by atoms with Crippen molar-refractivity contribution in [2.45, 2.75) is 44.8 Å². The van der Waals surface area contributed by atoms with Gasteiger partial charge in [-0.15, -0.1) is 0 Å². The monoisotopic (exact) mass is 450 g/mol. The lowest BCUT2D eigenvalue weighted by atomic mass is 9.93. The molecule has 2 aliphatic rings. The third-order valence-corrected chi connectivity index (χ3v) is 6.21. The number of rotatable bonds is 6. The molecule has 0 spiro atoms. The first kappa shape index (κ1) is 22.7. The summed E-state index contributed by atoms with van der Waals surface area (Å²) in [5.74, 6) is -1.64. The molecule has 0 radical (unpaired) electrons. The summed E-state index contributed by atoms with van der Waals surface area (Å²) in [7, 11) is 0. The Morgan fingerprint density at radius 2 is 1.94 bits per heavy atom. The van der Waals surface area contributed by atoms with Crippen LogP contribution in [-0.4, -0.2) is 45.9 Å². The summed E-state index contributed by atoms with van der Waals surface area (Å²) in [5, 5.41) is 22.3. The molecule has 2 atom stereocenters. The van der Waals surface area contributed by atoms with Gasteiger partial charge in [0.1, 0.15) is 5.76 Å². The van der Waals surface area contributed by atoms with Crippen molar-refractivity contribution in [3.05, 3.63) is 80.9 Å². The Hall–Kier alpha value is -3.52. The molecular formula is C25H26N2O6. The third kappa shape index (κ3) is 4.39. The van der Waals surface area contributed by atoms with Crippen LogP contribution in [0, 0.1) is 10.1 Å². The number of benzene rings is 2. The molecule has 2 saturated heterocycles. The van der Waals surface area contributed by atoms with Crippen LogP contribution in [0.4, 0.5) is 5.69 Å². The van der Waals surface area contributed by atoms with Gasteiger partial charge in [-0.1, -0.05) is 50.2 Å². The summed E-state index contributed by atoms with van der Waals surface area (Å²) in [6.07, 6.45) is 1.49. The number of nitro benzene ring substituents is 1. The second kappa shape index (κ2) is 9.15. The quantitative estimate of drug-likeness (QED) is 0.231. The number of amides is 1. The highest BCUT2D eigenvalue weighted by Crippen LogP contribution is 2.40. The molecule has 2 fully saturated rings. The zero-order valence-corrected chi connectivity index (χ0v) is 18.6. The molecule has 8 heteroatoms. The van der Waals surface area contributed by atoms with E-state index in [1.54, 1.807) is 0 Å². The van der Waals surface area contributed by atoms with Crippen LogP contribution in [0.5, 0.6) is 0 Å². The Labute approximate surface area is 191 Å². The van der Waals surface area contributed by atoms with Gasteiger partial charge in [-0.25, -0.2) is 0 Å². The van der Waals surface area contributed by atoms with Crippen molar-refractivity contribution in [2.75, 3.05) is 13.2 Å². The molecule has 2 aliphatic heterocycles. The molecule has 2 aromatic rings. The first-order chi connectivity index (χ1) is 15.8. The predicted octanol–water partition coefficient (Wildman–Crippen LogP) is 4.32. The maximum absolute atomic E-state index is 13.1. The molecule has 172 valence electrons. The van der Waals surface area contributed by atoms with E-state index in [0.717, 1.165) is 18.4 Å². The van der Waals surface area contributed by atoms with Gasteiger partial charge in [0.05, 0.1) is 22.6 Å². The lowest BCUT2D eigenvalue weighted by Gasteiger charge is -2.27. The van der Waals surface area contributed by atoms with E-state index in [0.29, 0.717) is 18.1 Å². The molecule has 2 heterocycles. The van der Waals surface area contributed by atoms with Crippen molar-refractivity contribution in [1.29, 1.82) is 0 Å². The maximum atomic E-state index is 13.1. The van der Waals surface area contributed by atoms with Gasteiger partial charge >= 0.3 is 0 Å². The van der Waals surface area contributed by atoms with Gasteiger partial charge in [0.25, 0.3) is 17.4 Å². The van der Waals surface area contributed by atoms with Gasteiger partial charge in [0.15, 0.2) is 0 Å². The average Bonchev–Trinajstić information content (AvgIpc) is 3.41. The van der Waals surface area contributed by atoms with Crippen LogP contribution in [0.3, 0.4) is 0 Å². The van der Waals surface area contributed by atoms with E-state index in [1.165, 1.54) is 29.2 Å². The summed E-state index contributed by atoms with van der Waals surface area (Å²) in [4.78, 5) is 38.2. The number of non-ortho nitro benzene ring substituents is 1. The van der Waals surface area contributed by atoms with Crippen LogP contribution >= 0.6 is 0 Å². The molecule has 2 unspecified atom stereocenters. The Kier molecular flexibility index (Phi) is 6.29. The van der Waals surface area contributed by atoms with E-state index in [1.807, 2.05) is 24.3 Å². The predicted molar refractivity (Wildman–Crippen MR) is 122 cm³/mol. The van der Waals surface area contributed by atoms with Crippen LogP contribution in [0.1, 0.15) is 55.3 Å². The van der Waals surface area contributed by atoms with E-state index in [9.17, 15) is 24.8 Å². The number of hydrogen-bond acceptors (Lipinski definition) is 6. The number of hydrogen-bond donors (Lipinski definition) is 1. The van der Waals surface area contributed by atoms with Crippen molar-refractivity contribution in [3.63, 3.8) is 0 Å². The van der Waals surface area contributed by atoms with E-state index < -0.39 is 28.4 Å². The van der Waals surface area contributed by atoms with Crippen molar-refractivity contribution >= 4 is 23.1 Å². The number of nitro groups is 1. The van der Waals surface area contributed by atoms with E-state index in [-0.39, 0.29) is 29.5 Å². The minimum absolute atomic E-state index is 0.0733. The number of aliphatic hydroxyl groups is 1. The van der Waals surface area contributed by atoms with Gasteiger partial charge in [-0.05, 0) is 29.9 Å². The number of nitrogens with zero attached hydrogens (tertiary/aromatic N) is 2. The first-order valence-corrected chi connectivity index (χ1v) is 11.0. The molecule has 0 aromatic heterocycles. The van der Waals surface area contributed by atoms with Gasteiger partial charge in [-0.3, -0.25) is 19.7 Å². The Morgan fingerprint density at radius 1 is 1.21 bits per heavy atom. The summed E-state index contributed by atoms with van der Waals surface area (Å²) in [5.41, 5.74) is 1.61. The average molecular weight is 450 g/mol. The van der Waals surface area contributed by atoms with E-state index in [2.05, 4.69) is 13.8 Å². The van der Waals surface area contributed by atoms with Crippen LogP contribution in [-0.2, 0) is 14.3 Å². The Morgan fingerprint density at radius 3 is 2.55 bits per heavy atom. The van der Waals surface area contributed by atoms with Crippen molar-refractivity contribution in [1.82, 2.24) is 4.90 Å². The van der Waals surface area contributed by atoms with Crippen molar-refractivity contribution < 1.29 is 24.4 Å². The summed E-state index contributed by atoms with van der Waals surface area (Å²) < 4.78 is 5.70. The fourth-order valence-electron chi connectivity index (χ4n) is 4.41. The van der Waals surface area contributed by atoms with Crippen LogP contribution in [0.2, 0.25) is 0 Å². The molecule has 0 aliphatic carbocycles. The zero-order valence-electron chi connectivity index (χ0n) is 18.6. The molecule has 4 rings (SSSR count). The fraction of sp³-hybridized carbons (Fsp3) is 0.360. The number of ketones is 1. The van der Waals surface area contributed by atoms with Gasteiger partial charge in [0.2, 0.25) is 0 Å².